The summed E-state index contributed by atoms with van der Waals surface area (Å²) in [6, 6.07) is 17.8. The maximum atomic E-state index is 9.32. The number of furan rings is 1. The zero-order valence-corrected chi connectivity index (χ0v) is 15.9. The molecule has 28 heavy (non-hydrogen) atoms. The molecule has 0 amide bonds. The van der Waals surface area contributed by atoms with Crippen LogP contribution >= 0.6 is 11.8 Å². The smallest absolute Gasteiger partial charge is 0.196 e. The molecule has 0 saturated heterocycles. The van der Waals surface area contributed by atoms with E-state index in [1.165, 1.54) is 11.8 Å². The lowest BCUT2D eigenvalue weighted by molar-refractivity contribution is 0.322. The summed E-state index contributed by atoms with van der Waals surface area (Å²) in [4.78, 5) is 9.69. The predicted molar refractivity (Wildman–Crippen MR) is 110 cm³/mol. The number of ether oxygens (including phenoxy) is 1. The second-order valence-electron chi connectivity index (χ2n) is 6.47. The third kappa shape index (κ3) is 2.95. The molecule has 0 atom stereocenters. The van der Waals surface area contributed by atoms with Crippen molar-refractivity contribution in [2.45, 2.75) is 11.4 Å². The molecular weight excluding hydrogens is 372 g/mol. The van der Waals surface area contributed by atoms with Crippen molar-refractivity contribution < 1.29 is 14.3 Å². The maximum absolute atomic E-state index is 9.32. The van der Waals surface area contributed by atoms with Gasteiger partial charge in [-0.25, -0.2) is 9.97 Å². The number of rotatable bonds is 4. The fourth-order valence-electron chi connectivity index (χ4n) is 3.43. The van der Waals surface area contributed by atoms with Gasteiger partial charge in [-0.3, -0.25) is 0 Å². The molecule has 2 aromatic carbocycles. The number of hydrogen-bond acceptors (Lipinski definition) is 6. The molecule has 3 heterocycles. The van der Waals surface area contributed by atoms with Crippen LogP contribution in [0.2, 0.25) is 0 Å². The fraction of sp³-hybridized carbons (Fsp3) is 0.182. The van der Waals surface area contributed by atoms with Crippen LogP contribution in [0.3, 0.4) is 0 Å². The highest BCUT2D eigenvalue weighted by Crippen LogP contribution is 2.44. The first-order valence-electron chi connectivity index (χ1n) is 9.20. The molecule has 0 radical (unpaired) electrons. The van der Waals surface area contributed by atoms with E-state index in [4.69, 9.17) is 19.1 Å². The summed E-state index contributed by atoms with van der Waals surface area (Å²) in [5, 5.41) is 11.1. The van der Waals surface area contributed by atoms with Crippen LogP contribution in [-0.4, -0.2) is 34.0 Å². The van der Waals surface area contributed by atoms with Crippen LogP contribution in [0.5, 0.6) is 5.75 Å². The van der Waals surface area contributed by atoms with Gasteiger partial charge in [-0.1, -0.05) is 42.5 Å². The van der Waals surface area contributed by atoms with Crippen LogP contribution in [0.15, 0.2) is 64.0 Å². The first-order chi connectivity index (χ1) is 13.8. The van der Waals surface area contributed by atoms with Gasteiger partial charge < -0.3 is 14.3 Å². The summed E-state index contributed by atoms with van der Waals surface area (Å²) in [5.41, 5.74) is 3.51. The third-order valence-electron chi connectivity index (χ3n) is 4.69. The number of aliphatic hydroxyl groups excluding tert-OH is 1. The first-order valence-corrected chi connectivity index (χ1v) is 10.2. The van der Waals surface area contributed by atoms with Gasteiger partial charge >= 0.3 is 0 Å². The monoisotopic (exact) mass is 390 g/mol. The Morgan fingerprint density at radius 1 is 1.00 bits per heavy atom. The van der Waals surface area contributed by atoms with Crippen LogP contribution < -0.4 is 4.74 Å². The van der Waals surface area contributed by atoms with Crippen LogP contribution in [0.1, 0.15) is 5.56 Å². The van der Waals surface area contributed by atoms with Gasteiger partial charge in [0, 0.05) is 23.3 Å². The van der Waals surface area contributed by atoms with Gasteiger partial charge in [-0.05, 0) is 12.1 Å². The predicted octanol–water partition coefficient (Wildman–Crippen LogP) is 4.58. The Kier molecular flexibility index (Phi) is 4.50. The molecule has 6 heteroatoms. The minimum absolute atomic E-state index is 0.0938. The quantitative estimate of drug-likeness (QED) is 0.406. The summed E-state index contributed by atoms with van der Waals surface area (Å²) in [7, 11) is 0. The number of thioether (sulfide) groups is 1. The number of para-hydroxylation sites is 1. The summed E-state index contributed by atoms with van der Waals surface area (Å²) in [6.45, 7) is 0.626. The molecule has 1 aliphatic rings. The Hall–Kier alpha value is -2.83. The van der Waals surface area contributed by atoms with Crippen LogP contribution in [0.25, 0.3) is 33.8 Å². The van der Waals surface area contributed by atoms with Crippen molar-refractivity contribution in [3.8, 4) is 28.6 Å². The van der Waals surface area contributed by atoms with Gasteiger partial charge in [0.05, 0.1) is 18.6 Å². The molecule has 0 unspecified atom stereocenters. The van der Waals surface area contributed by atoms with Gasteiger partial charge in [0.2, 0.25) is 0 Å². The Labute approximate surface area is 166 Å². The zero-order valence-electron chi connectivity index (χ0n) is 15.1. The molecule has 1 aliphatic heterocycles. The average Bonchev–Trinajstić information content (AvgIpc) is 3.01. The first kappa shape index (κ1) is 17.3. The molecule has 4 aromatic rings. The number of fused-ring (bicyclic) bond motifs is 5. The van der Waals surface area contributed by atoms with Gasteiger partial charge in [0.15, 0.2) is 17.3 Å². The Bertz CT molecular complexity index is 1140. The summed E-state index contributed by atoms with van der Waals surface area (Å²) < 4.78 is 12.2. The number of nitrogens with zero attached hydrogens (tertiary/aromatic N) is 2. The van der Waals surface area contributed by atoms with Crippen molar-refractivity contribution in [3.05, 3.63) is 60.2 Å². The van der Waals surface area contributed by atoms with Crippen molar-refractivity contribution in [3.63, 3.8) is 0 Å². The Morgan fingerprint density at radius 2 is 1.82 bits per heavy atom. The molecule has 0 aliphatic carbocycles. The lowest BCUT2D eigenvalue weighted by Gasteiger charge is -2.12. The number of benzene rings is 2. The van der Waals surface area contributed by atoms with Gasteiger partial charge in [-0.2, -0.15) is 0 Å². The van der Waals surface area contributed by atoms with Crippen molar-refractivity contribution >= 4 is 22.7 Å². The largest absolute Gasteiger partial charge is 0.488 e. The molecule has 0 saturated carbocycles. The second kappa shape index (κ2) is 7.30. The maximum Gasteiger partial charge on any atom is 0.196 e. The lowest BCUT2D eigenvalue weighted by atomic mass is 10.1. The highest BCUT2D eigenvalue weighted by molar-refractivity contribution is 7.99. The van der Waals surface area contributed by atoms with Gasteiger partial charge in [0.1, 0.15) is 16.3 Å². The molecule has 0 spiro atoms. The SMILES string of the molecule is OCCSc1nc(-c2ccccc2)nc2c1CCOc1c-2oc2ccccc12. The van der Waals surface area contributed by atoms with Crippen LogP contribution in [-0.2, 0) is 6.42 Å². The highest BCUT2D eigenvalue weighted by Gasteiger charge is 2.27. The molecule has 5 nitrogen and oxygen atoms in total. The summed E-state index contributed by atoms with van der Waals surface area (Å²) in [5.74, 6) is 2.61. The van der Waals surface area contributed by atoms with E-state index in [2.05, 4.69) is 0 Å². The van der Waals surface area contributed by atoms with Crippen molar-refractivity contribution in [1.82, 2.24) is 9.97 Å². The third-order valence-corrected chi connectivity index (χ3v) is 5.69. The Morgan fingerprint density at radius 3 is 2.68 bits per heavy atom. The van der Waals surface area contributed by atoms with Crippen molar-refractivity contribution in [1.29, 1.82) is 0 Å². The topological polar surface area (TPSA) is 68.4 Å². The van der Waals surface area contributed by atoms with Crippen molar-refractivity contribution in [2.24, 2.45) is 0 Å². The molecule has 1 N–H and O–H groups in total. The standard InChI is InChI=1S/C22H18N2O3S/c25-11-13-28-22-16-10-12-26-19-15-8-4-5-9-17(15)27-20(19)18(16)23-21(24-22)14-6-2-1-3-7-14/h1-9,25H,10-13H2. The van der Waals surface area contributed by atoms with E-state index >= 15 is 0 Å². The van der Waals surface area contributed by atoms with Gasteiger partial charge in [-0.15, -0.1) is 11.8 Å². The van der Waals surface area contributed by atoms with E-state index in [0.29, 0.717) is 30.4 Å². The molecule has 0 fully saturated rings. The summed E-state index contributed by atoms with van der Waals surface area (Å²) >= 11 is 1.54. The molecule has 5 rings (SSSR count). The normalized spacial score (nSPS) is 12.9. The van der Waals surface area contributed by atoms with E-state index in [1.807, 2.05) is 54.6 Å². The van der Waals surface area contributed by atoms with Crippen LogP contribution in [0, 0.1) is 0 Å². The van der Waals surface area contributed by atoms with E-state index in [9.17, 15) is 5.11 Å². The summed E-state index contributed by atoms with van der Waals surface area (Å²) in [6.07, 6.45) is 0.691. The molecular formula is C22H18N2O3S. The van der Waals surface area contributed by atoms with E-state index < -0.39 is 0 Å². The second-order valence-corrected chi connectivity index (χ2v) is 7.56. The molecule has 0 bridgehead atoms. The lowest BCUT2D eigenvalue weighted by Crippen LogP contribution is -2.05. The minimum atomic E-state index is 0.0938. The fourth-order valence-corrected chi connectivity index (χ4v) is 4.24. The van der Waals surface area contributed by atoms with E-state index in [1.54, 1.807) is 0 Å². The van der Waals surface area contributed by atoms with E-state index in [0.717, 1.165) is 38.6 Å². The van der Waals surface area contributed by atoms with E-state index in [-0.39, 0.29) is 6.61 Å². The average molecular weight is 390 g/mol. The number of aromatic nitrogens is 2. The number of aliphatic hydroxyl groups is 1. The molecule has 2 aromatic heterocycles. The van der Waals surface area contributed by atoms with Gasteiger partial charge in [0.25, 0.3) is 0 Å². The zero-order chi connectivity index (χ0) is 18.9. The molecule has 140 valence electrons. The van der Waals surface area contributed by atoms with Crippen LogP contribution in [0.4, 0.5) is 0 Å². The number of hydrogen-bond donors (Lipinski definition) is 1. The highest BCUT2D eigenvalue weighted by atomic mass is 32.2. The minimum Gasteiger partial charge on any atom is -0.488 e. The Balaban J connectivity index is 1.76. The van der Waals surface area contributed by atoms with Crippen molar-refractivity contribution in [2.75, 3.05) is 19.0 Å².